The van der Waals surface area contributed by atoms with Crippen LogP contribution < -0.4 is 4.90 Å². The SMILES string of the molecule is CN(CCc1nccs1)c1ccc(C(F)(F)F)cn1. The van der Waals surface area contributed by atoms with Gasteiger partial charge in [-0.3, -0.25) is 0 Å². The average molecular weight is 287 g/mol. The Morgan fingerprint density at radius 3 is 2.58 bits per heavy atom. The van der Waals surface area contributed by atoms with Crippen LogP contribution in [0.5, 0.6) is 0 Å². The molecular formula is C12H12F3N3S. The molecule has 0 bridgehead atoms. The second kappa shape index (κ2) is 5.56. The molecule has 19 heavy (non-hydrogen) atoms. The van der Waals surface area contributed by atoms with Crippen LogP contribution in [0, 0.1) is 0 Å². The van der Waals surface area contributed by atoms with E-state index in [1.165, 1.54) is 6.07 Å². The first kappa shape index (κ1) is 13.8. The molecule has 7 heteroatoms. The number of nitrogens with zero attached hydrogens (tertiary/aromatic N) is 3. The topological polar surface area (TPSA) is 29.0 Å². The number of alkyl halides is 3. The summed E-state index contributed by atoms with van der Waals surface area (Å²) in [5.74, 6) is 0.518. The maximum atomic E-state index is 12.4. The van der Waals surface area contributed by atoms with E-state index in [4.69, 9.17) is 0 Å². The number of thiazole rings is 1. The van der Waals surface area contributed by atoms with Gasteiger partial charge >= 0.3 is 6.18 Å². The van der Waals surface area contributed by atoms with Crippen molar-refractivity contribution in [3.63, 3.8) is 0 Å². The smallest absolute Gasteiger partial charge is 0.359 e. The molecule has 0 radical (unpaired) electrons. The first-order valence-electron chi connectivity index (χ1n) is 5.59. The lowest BCUT2D eigenvalue weighted by atomic mass is 10.2. The number of rotatable bonds is 4. The first-order chi connectivity index (χ1) is 8.97. The van der Waals surface area contributed by atoms with Gasteiger partial charge in [-0.05, 0) is 12.1 Å². The van der Waals surface area contributed by atoms with Crippen molar-refractivity contribution in [2.24, 2.45) is 0 Å². The lowest BCUT2D eigenvalue weighted by molar-refractivity contribution is -0.137. The summed E-state index contributed by atoms with van der Waals surface area (Å²) in [7, 11) is 1.79. The Hall–Kier alpha value is -1.63. The molecule has 2 aromatic heterocycles. The Morgan fingerprint density at radius 1 is 1.26 bits per heavy atom. The highest BCUT2D eigenvalue weighted by Gasteiger charge is 2.30. The van der Waals surface area contributed by atoms with Gasteiger partial charge in [0.1, 0.15) is 5.82 Å². The number of likely N-dealkylation sites (N-methyl/N-ethyl adjacent to an activating group) is 1. The van der Waals surface area contributed by atoms with Crippen molar-refractivity contribution in [2.45, 2.75) is 12.6 Å². The number of pyridine rings is 1. The summed E-state index contributed by atoms with van der Waals surface area (Å²) in [6, 6.07) is 2.42. The third-order valence-electron chi connectivity index (χ3n) is 2.61. The van der Waals surface area contributed by atoms with Gasteiger partial charge in [0.05, 0.1) is 10.6 Å². The maximum Gasteiger partial charge on any atom is 0.417 e. The fourth-order valence-electron chi connectivity index (χ4n) is 1.53. The van der Waals surface area contributed by atoms with Crippen LogP contribution in [-0.4, -0.2) is 23.6 Å². The van der Waals surface area contributed by atoms with E-state index in [1.807, 2.05) is 10.3 Å². The van der Waals surface area contributed by atoms with Gasteiger partial charge in [-0.15, -0.1) is 11.3 Å². The summed E-state index contributed by atoms with van der Waals surface area (Å²) in [4.78, 5) is 9.79. The van der Waals surface area contributed by atoms with Crippen molar-refractivity contribution in [2.75, 3.05) is 18.5 Å². The van der Waals surface area contributed by atoms with Crippen molar-refractivity contribution < 1.29 is 13.2 Å². The van der Waals surface area contributed by atoms with Crippen molar-refractivity contribution in [1.82, 2.24) is 9.97 Å². The largest absolute Gasteiger partial charge is 0.417 e. The highest BCUT2D eigenvalue weighted by atomic mass is 32.1. The molecule has 102 valence electrons. The van der Waals surface area contributed by atoms with E-state index in [0.29, 0.717) is 12.4 Å². The number of anilines is 1. The highest BCUT2D eigenvalue weighted by Crippen LogP contribution is 2.29. The van der Waals surface area contributed by atoms with Crippen molar-refractivity contribution in [1.29, 1.82) is 0 Å². The molecular weight excluding hydrogens is 275 g/mol. The minimum Gasteiger partial charge on any atom is -0.359 e. The number of halogens is 3. The molecule has 0 aliphatic heterocycles. The van der Waals surface area contributed by atoms with Gasteiger partial charge in [-0.1, -0.05) is 0 Å². The standard InChI is InChI=1S/C12H12F3N3S/c1-18(6-4-11-16-5-7-19-11)10-3-2-9(8-17-10)12(13,14)15/h2-3,5,7-8H,4,6H2,1H3. The maximum absolute atomic E-state index is 12.4. The third-order valence-corrected chi connectivity index (χ3v) is 3.45. The molecule has 0 saturated heterocycles. The lowest BCUT2D eigenvalue weighted by Crippen LogP contribution is -2.21. The molecule has 0 amide bonds. The Morgan fingerprint density at radius 2 is 2.05 bits per heavy atom. The van der Waals surface area contributed by atoms with Gasteiger partial charge in [-0.25, -0.2) is 9.97 Å². The van der Waals surface area contributed by atoms with Crippen LogP contribution in [0.2, 0.25) is 0 Å². The van der Waals surface area contributed by atoms with Gasteiger partial charge in [0.2, 0.25) is 0 Å². The fourth-order valence-corrected chi connectivity index (χ4v) is 2.14. The highest BCUT2D eigenvalue weighted by molar-refractivity contribution is 7.09. The first-order valence-corrected chi connectivity index (χ1v) is 6.47. The third kappa shape index (κ3) is 3.66. The molecule has 0 aromatic carbocycles. The summed E-state index contributed by atoms with van der Waals surface area (Å²) < 4.78 is 37.2. The number of aromatic nitrogens is 2. The Kier molecular flexibility index (Phi) is 4.04. The zero-order valence-electron chi connectivity index (χ0n) is 10.2. The minimum atomic E-state index is -4.34. The molecule has 2 heterocycles. The van der Waals surface area contributed by atoms with Gasteiger partial charge in [0.25, 0.3) is 0 Å². The fraction of sp³-hybridized carbons (Fsp3) is 0.333. The normalized spacial score (nSPS) is 11.6. The van der Waals surface area contributed by atoms with Crippen LogP contribution in [-0.2, 0) is 12.6 Å². The average Bonchev–Trinajstić information content (AvgIpc) is 2.88. The lowest BCUT2D eigenvalue weighted by Gasteiger charge is -2.18. The van der Waals surface area contributed by atoms with E-state index in [1.54, 1.807) is 24.6 Å². The molecule has 0 N–H and O–H groups in total. The van der Waals surface area contributed by atoms with Crippen LogP contribution in [0.3, 0.4) is 0 Å². The van der Waals surface area contributed by atoms with E-state index >= 15 is 0 Å². The van der Waals surface area contributed by atoms with Gasteiger partial charge in [-0.2, -0.15) is 13.2 Å². The Bertz CT molecular complexity index is 508. The van der Waals surface area contributed by atoms with E-state index < -0.39 is 11.7 Å². The number of hydrogen-bond acceptors (Lipinski definition) is 4. The van der Waals surface area contributed by atoms with Crippen molar-refractivity contribution in [3.8, 4) is 0 Å². The predicted molar refractivity (Wildman–Crippen MR) is 68.3 cm³/mol. The molecule has 2 aromatic rings. The number of hydrogen-bond donors (Lipinski definition) is 0. The summed E-state index contributed by atoms with van der Waals surface area (Å²) in [6.45, 7) is 0.659. The van der Waals surface area contributed by atoms with E-state index in [-0.39, 0.29) is 0 Å². The van der Waals surface area contributed by atoms with Crippen LogP contribution in [0.4, 0.5) is 19.0 Å². The van der Waals surface area contributed by atoms with Crippen molar-refractivity contribution in [3.05, 3.63) is 40.5 Å². The molecule has 0 aliphatic carbocycles. The predicted octanol–water partition coefficient (Wildman–Crippen LogP) is 3.24. The second-order valence-electron chi connectivity index (χ2n) is 4.00. The molecule has 0 fully saturated rings. The molecule has 0 unspecified atom stereocenters. The van der Waals surface area contributed by atoms with Crippen LogP contribution >= 0.6 is 11.3 Å². The van der Waals surface area contributed by atoms with Crippen molar-refractivity contribution >= 4 is 17.2 Å². The molecule has 0 spiro atoms. The van der Waals surface area contributed by atoms with Gasteiger partial charge in [0, 0.05) is 37.8 Å². The van der Waals surface area contributed by atoms with Crippen LogP contribution in [0.25, 0.3) is 0 Å². The quantitative estimate of drug-likeness (QED) is 0.864. The van der Waals surface area contributed by atoms with Gasteiger partial charge in [0.15, 0.2) is 0 Å². The molecule has 0 atom stereocenters. The van der Waals surface area contributed by atoms with E-state index in [9.17, 15) is 13.2 Å². The molecule has 2 rings (SSSR count). The van der Waals surface area contributed by atoms with E-state index in [2.05, 4.69) is 9.97 Å². The van der Waals surface area contributed by atoms with E-state index in [0.717, 1.165) is 23.7 Å². The Labute approximate surface area is 112 Å². The minimum absolute atomic E-state index is 0.518. The Balaban J connectivity index is 1.97. The summed E-state index contributed by atoms with van der Waals surface area (Å²) >= 11 is 1.56. The molecule has 3 nitrogen and oxygen atoms in total. The summed E-state index contributed by atoms with van der Waals surface area (Å²) in [6.07, 6.45) is -1.01. The summed E-state index contributed by atoms with van der Waals surface area (Å²) in [5, 5.41) is 2.89. The molecule has 0 saturated carbocycles. The summed E-state index contributed by atoms with van der Waals surface area (Å²) in [5.41, 5.74) is -0.732. The van der Waals surface area contributed by atoms with Crippen LogP contribution in [0.15, 0.2) is 29.9 Å². The molecule has 0 aliphatic rings. The monoisotopic (exact) mass is 287 g/mol. The van der Waals surface area contributed by atoms with Crippen LogP contribution in [0.1, 0.15) is 10.6 Å². The second-order valence-corrected chi connectivity index (χ2v) is 4.98. The zero-order chi connectivity index (χ0) is 13.9. The van der Waals surface area contributed by atoms with Gasteiger partial charge < -0.3 is 4.90 Å². The zero-order valence-corrected chi connectivity index (χ0v) is 11.0.